The Balaban J connectivity index is 1.46. The van der Waals surface area contributed by atoms with Gasteiger partial charge in [0.05, 0.1) is 5.02 Å². The molecule has 2 aliphatic rings. The SMILES string of the molecule is Cc1[nH]c2c(c1Cl)CCCN(C1CCN(c3nc(C(=O)O)cs3)CC1)C2=O. The molecule has 4 heterocycles. The Bertz CT molecular complexity index is 885. The Kier molecular flexibility index (Phi) is 4.86. The zero-order valence-corrected chi connectivity index (χ0v) is 16.6. The third-order valence-electron chi connectivity index (χ3n) is 5.40. The van der Waals surface area contributed by atoms with Crippen molar-refractivity contribution in [1.29, 1.82) is 0 Å². The molecule has 1 saturated heterocycles. The van der Waals surface area contributed by atoms with Crippen molar-refractivity contribution >= 4 is 39.9 Å². The number of amides is 1. The highest BCUT2D eigenvalue weighted by molar-refractivity contribution is 7.13. The van der Waals surface area contributed by atoms with Gasteiger partial charge in [-0.1, -0.05) is 11.6 Å². The number of H-pyrrole nitrogens is 1. The van der Waals surface area contributed by atoms with E-state index in [0.29, 0.717) is 10.7 Å². The molecule has 9 heteroatoms. The zero-order chi connectivity index (χ0) is 19.1. The maximum Gasteiger partial charge on any atom is 0.355 e. The van der Waals surface area contributed by atoms with E-state index in [4.69, 9.17) is 16.7 Å². The Labute approximate surface area is 166 Å². The number of carboxylic acid groups (broad SMARTS) is 1. The number of rotatable bonds is 3. The number of thiazole rings is 1. The summed E-state index contributed by atoms with van der Waals surface area (Å²) in [6.07, 6.45) is 3.41. The lowest BCUT2D eigenvalue weighted by atomic mass is 10.0. The first-order valence-electron chi connectivity index (χ1n) is 9.07. The van der Waals surface area contributed by atoms with Crippen LogP contribution in [0.1, 0.15) is 51.5 Å². The first-order chi connectivity index (χ1) is 13.0. The number of carbonyl (C=O) groups is 2. The highest BCUT2D eigenvalue weighted by atomic mass is 35.5. The van der Waals surface area contributed by atoms with Gasteiger partial charge in [-0.3, -0.25) is 4.79 Å². The molecule has 0 radical (unpaired) electrons. The number of nitrogens with one attached hydrogen (secondary N) is 1. The summed E-state index contributed by atoms with van der Waals surface area (Å²) in [5, 5.41) is 12.0. The molecule has 7 nitrogen and oxygen atoms in total. The topological polar surface area (TPSA) is 89.5 Å². The molecule has 2 aliphatic heterocycles. The van der Waals surface area contributed by atoms with Gasteiger partial charge in [0.1, 0.15) is 5.69 Å². The third kappa shape index (κ3) is 3.32. The average molecular weight is 409 g/mol. The molecule has 2 aromatic heterocycles. The van der Waals surface area contributed by atoms with Crippen LogP contribution in [0, 0.1) is 6.92 Å². The predicted octanol–water partition coefficient (Wildman–Crippen LogP) is 3.19. The molecule has 0 saturated carbocycles. The number of piperidine rings is 1. The maximum atomic E-state index is 13.1. The van der Waals surface area contributed by atoms with E-state index in [1.54, 1.807) is 5.38 Å². The van der Waals surface area contributed by atoms with Gasteiger partial charge in [-0.05, 0) is 32.6 Å². The minimum Gasteiger partial charge on any atom is -0.476 e. The Morgan fingerprint density at radius 2 is 2.11 bits per heavy atom. The first-order valence-corrected chi connectivity index (χ1v) is 10.3. The lowest BCUT2D eigenvalue weighted by Gasteiger charge is -2.38. The van der Waals surface area contributed by atoms with Crippen LogP contribution in [0.15, 0.2) is 5.38 Å². The van der Waals surface area contributed by atoms with Crippen molar-refractivity contribution in [1.82, 2.24) is 14.9 Å². The third-order valence-corrected chi connectivity index (χ3v) is 6.81. The second-order valence-electron chi connectivity index (χ2n) is 7.06. The molecular formula is C18H21ClN4O3S. The van der Waals surface area contributed by atoms with Crippen LogP contribution in [0.5, 0.6) is 0 Å². The van der Waals surface area contributed by atoms with Crippen LogP contribution >= 0.6 is 22.9 Å². The van der Waals surface area contributed by atoms with E-state index < -0.39 is 5.97 Å². The highest BCUT2D eigenvalue weighted by Crippen LogP contribution is 2.32. The molecule has 4 rings (SSSR count). The van der Waals surface area contributed by atoms with Crippen LogP contribution in [-0.2, 0) is 6.42 Å². The number of hydrogen-bond acceptors (Lipinski definition) is 5. The van der Waals surface area contributed by atoms with Crippen molar-refractivity contribution in [2.75, 3.05) is 24.5 Å². The summed E-state index contributed by atoms with van der Waals surface area (Å²) in [4.78, 5) is 35.6. The van der Waals surface area contributed by atoms with Gasteiger partial charge in [0.2, 0.25) is 0 Å². The Morgan fingerprint density at radius 1 is 1.37 bits per heavy atom. The smallest absolute Gasteiger partial charge is 0.355 e. The summed E-state index contributed by atoms with van der Waals surface area (Å²) in [6.45, 7) is 4.16. The van der Waals surface area contributed by atoms with E-state index in [1.807, 2.05) is 11.8 Å². The number of aromatic carboxylic acids is 1. The number of aromatic nitrogens is 2. The molecule has 0 atom stereocenters. The molecule has 0 bridgehead atoms. The molecule has 0 aliphatic carbocycles. The van der Waals surface area contributed by atoms with Gasteiger partial charge < -0.3 is 19.9 Å². The Morgan fingerprint density at radius 3 is 2.78 bits per heavy atom. The van der Waals surface area contributed by atoms with Gasteiger partial charge in [0.15, 0.2) is 10.8 Å². The maximum absolute atomic E-state index is 13.1. The van der Waals surface area contributed by atoms with Crippen LogP contribution in [0.2, 0.25) is 5.02 Å². The molecule has 2 aromatic rings. The van der Waals surface area contributed by atoms with Crippen molar-refractivity contribution in [2.45, 2.75) is 38.6 Å². The number of aromatic amines is 1. The van der Waals surface area contributed by atoms with Gasteiger partial charge in [-0.25, -0.2) is 9.78 Å². The van der Waals surface area contributed by atoms with E-state index in [0.717, 1.165) is 61.7 Å². The predicted molar refractivity (Wildman–Crippen MR) is 104 cm³/mol. The summed E-state index contributed by atoms with van der Waals surface area (Å²) in [5.74, 6) is -0.961. The Hall–Kier alpha value is -2.06. The quantitative estimate of drug-likeness (QED) is 0.814. The summed E-state index contributed by atoms with van der Waals surface area (Å²) in [6, 6.07) is 0.181. The molecule has 0 aromatic carbocycles. The number of anilines is 1. The fourth-order valence-electron chi connectivity index (χ4n) is 3.97. The number of hydrogen-bond donors (Lipinski definition) is 2. The molecular weight excluding hydrogens is 388 g/mol. The molecule has 1 fully saturated rings. The number of halogens is 1. The average Bonchev–Trinajstić information content (AvgIpc) is 3.21. The van der Waals surface area contributed by atoms with Gasteiger partial charge in [-0.2, -0.15) is 0 Å². The molecule has 1 amide bonds. The van der Waals surface area contributed by atoms with Crippen LogP contribution in [0.4, 0.5) is 5.13 Å². The number of carbonyl (C=O) groups excluding carboxylic acids is 1. The van der Waals surface area contributed by atoms with Crippen LogP contribution < -0.4 is 4.90 Å². The van der Waals surface area contributed by atoms with Crippen LogP contribution in [0.25, 0.3) is 0 Å². The largest absolute Gasteiger partial charge is 0.476 e. The second kappa shape index (κ2) is 7.16. The van der Waals surface area contributed by atoms with E-state index in [2.05, 4.69) is 14.9 Å². The fourth-order valence-corrected chi connectivity index (χ4v) is 5.06. The van der Waals surface area contributed by atoms with Crippen molar-refractivity contribution in [3.05, 3.63) is 33.0 Å². The fraction of sp³-hybridized carbons (Fsp3) is 0.500. The standard InChI is InChI=1S/C18H21ClN4O3S/c1-10-14(19)12-3-2-6-23(16(24)15(12)20-10)11-4-7-22(8-5-11)18-21-13(9-27-18)17(25)26/h9,11,20H,2-8H2,1H3,(H,25,26). The van der Waals surface area contributed by atoms with E-state index in [9.17, 15) is 9.59 Å². The minimum atomic E-state index is -1.00. The number of carboxylic acids is 1. The minimum absolute atomic E-state index is 0.0402. The van der Waals surface area contributed by atoms with Crippen molar-refractivity contribution in [2.24, 2.45) is 0 Å². The first kappa shape index (κ1) is 18.3. The second-order valence-corrected chi connectivity index (χ2v) is 8.27. The van der Waals surface area contributed by atoms with E-state index >= 15 is 0 Å². The number of nitrogens with zero attached hydrogens (tertiary/aromatic N) is 3. The number of fused-ring (bicyclic) bond motifs is 1. The zero-order valence-electron chi connectivity index (χ0n) is 15.0. The van der Waals surface area contributed by atoms with Gasteiger partial charge in [-0.15, -0.1) is 11.3 Å². The van der Waals surface area contributed by atoms with Gasteiger partial charge >= 0.3 is 5.97 Å². The summed E-state index contributed by atoms with van der Waals surface area (Å²) in [5.41, 5.74) is 2.53. The lowest BCUT2D eigenvalue weighted by molar-refractivity contribution is 0.0648. The summed E-state index contributed by atoms with van der Waals surface area (Å²) < 4.78 is 0. The molecule has 2 N–H and O–H groups in total. The molecule has 27 heavy (non-hydrogen) atoms. The van der Waals surface area contributed by atoms with Crippen LogP contribution in [-0.4, -0.2) is 57.5 Å². The highest BCUT2D eigenvalue weighted by Gasteiger charge is 2.33. The van der Waals surface area contributed by atoms with Gasteiger partial charge in [0.25, 0.3) is 5.91 Å². The number of aryl methyl sites for hydroxylation is 1. The molecule has 0 spiro atoms. The monoisotopic (exact) mass is 408 g/mol. The van der Waals surface area contributed by atoms with Crippen molar-refractivity contribution in [3.63, 3.8) is 0 Å². The molecule has 144 valence electrons. The summed E-state index contributed by atoms with van der Waals surface area (Å²) in [7, 11) is 0. The normalized spacial score (nSPS) is 18.5. The van der Waals surface area contributed by atoms with Gasteiger partial charge in [0, 0.05) is 42.3 Å². The van der Waals surface area contributed by atoms with Crippen molar-refractivity contribution in [3.8, 4) is 0 Å². The van der Waals surface area contributed by atoms with E-state index in [1.165, 1.54) is 11.3 Å². The lowest BCUT2D eigenvalue weighted by Crippen LogP contribution is -2.47. The van der Waals surface area contributed by atoms with Crippen molar-refractivity contribution < 1.29 is 14.7 Å². The van der Waals surface area contributed by atoms with Crippen LogP contribution in [0.3, 0.4) is 0 Å². The van der Waals surface area contributed by atoms with E-state index in [-0.39, 0.29) is 17.6 Å². The summed E-state index contributed by atoms with van der Waals surface area (Å²) >= 11 is 7.71. The molecule has 0 unspecified atom stereocenters.